The highest BCUT2D eigenvalue weighted by Gasteiger charge is 2.25. The summed E-state index contributed by atoms with van der Waals surface area (Å²) in [5, 5.41) is 26.3. The first kappa shape index (κ1) is 12.4. The molecular weight excluding hydrogens is 232 g/mol. The van der Waals surface area contributed by atoms with Crippen molar-refractivity contribution < 1.29 is 34.5 Å². The van der Waals surface area contributed by atoms with Gasteiger partial charge in [-0.3, -0.25) is 9.59 Å². The Kier molecular flexibility index (Phi) is 3.23. The van der Waals surface area contributed by atoms with E-state index in [-0.39, 0.29) is 0 Å². The lowest BCUT2D eigenvalue weighted by Gasteiger charge is -2.04. The van der Waals surface area contributed by atoms with Gasteiger partial charge in [0.25, 0.3) is 11.6 Å². The number of benzene rings is 1. The number of rotatable bonds is 4. The molecule has 7 nitrogen and oxygen atoms in total. The molecule has 1 aromatic carbocycles. The van der Waals surface area contributed by atoms with E-state index >= 15 is 0 Å². The minimum absolute atomic E-state index is 0.635. The van der Waals surface area contributed by atoms with Crippen molar-refractivity contribution in [3.8, 4) is 5.75 Å². The van der Waals surface area contributed by atoms with Crippen LogP contribution >= 0.6 is 0 Å². The molecular formula is C10H6O7. The van der Waals surface area contributed by atoms with E-state index in [1.165, 1.54) is 0 Å². The lowest BCUT2D eigenvalue weighted by atomic mass is 10.0. The van der Waals surface area contributed by atoms with Crippen LogP contribution in [0.5, 0.6) is 5.75 Å². The molecule has 0 aliphatic rings. The molecule has 0 spiro atoms. The average molecular weight is 238 g/mol. The van der Waals surface area contributed by atoms with E-state index in [1.807, 2.05) is 0 Å². The molecule has 0 aliphatic heterocycles. The zero-order valence-electron chi connectivity index (χ0n) is 8.21. The van der Waals surface area contributed by atoms with Crippen molar-refractivity contribution in [2.45, 2.75) is 0 Å². The molecule has 1 rings (SSSR count). The number of phenolic OH excluding ortho intramolecular Hbond substituents is 1. The van der Waals surface area contributed by atoms with Crippen LogP contribution in [0.1, 0.15) is 20.7 Å². The summed E-state index contributed by atoms with van der Waals surface area (Å²) in [5.41, 5.74) is -1.27. The third kappa shape index (κ3) is 2.28. The van der Waals surface area contributed by atoms with Crippen molar-refractivity contribution in [2.24, 2.45) is 0 Å². The number of hydrogen-bond acceptors (Lipinski definition) is 5. The number of carbonyl (C=O) groups excluding carboxylic acids is 2. The molecule has 1 aromatic rings. The fourth-order valence-corrected chi connectivity index (χ4v) is 1.14. The van der Waals surface area contributed by atoms with Gasteiger partial charge in [0.2, 0.25) is 0 Å². The molecule has 0 aromatic heterocycles. The van der Waals surface area contributed by atoms with E-state index in [2.05, 4.69) is 0 Å². The van der Waals surface area contributed by atoms with E-state index in [4.69, 9.17) is 10.2 Å². The first-order valence-corrected chi connectivity index (χ1v) is 4.23. The van der Waals surface area contributed by atoms with Gasteiger partial charge in [-0.15, -0.1) is 0 Å². The third-order valence-corrected chi connectivity index (χ3v) is 1.91. The van der Waals surface area contributed by atoms with Gasteiger partial charge in [0.15, 0.2) is 0 Å². The zero-order chi connectivity index (χ0) is 13.2. The molecule has 0 fully saturated rings. The molecule has 3 N–H and O–H groups in total. The Morgan fingerprint density at radius 2 is 1.18 bits per heavy atom. The number of carbonyl (C=O) groups is 4. The number of carboxylic acids is 2. The summed E-state index contributed by atoms with van der Waals surface area (Å²) in [5.74, 6) is -7.45. The normalized spacial score (nSPS) is 9.65. The molecule has 0 heterocycles. The topological polar surface area (TPSA) is 129 Å². The van der Waals surface area contributed by atoms with Crippen LogP contribution in [0.15, 0.2) is 18.2 Å². The zero-order valence-corrected chi connectivity index (χ0v) is 8.21. The van der Waals surface area contributed by atoms with Crippen LogP contribution in [0.2, 0.25) is 0 Å². The van der Waals surface area contributed by atoms with Gasteiger partial charge >= 0.3 is 11.9 Å². The first-order valence-electron chi connectivity index (χ1n) is 4.23. The standard InChI is InChI=1S/C10H6O7/c11-6-4(7(12)9(14)15)2-1-3-5(6)8(13)10(16)17/h1-3,11H,(H,14,15)(H,16,17). The molecule has 0 saturated carbocycles. The lowest BCUT2D eigenvalue weighted by Crippen LogP contribution is -2.16. The maximum Gasteiger partial charge on any atom is 0.377 e. The molecule has 0 saturated heterocycles. The van der Waals surface area contributed by atoms with Crippen LogP contribution in [-0.4, -0.2) is 38.8 Å². The quantitative estimate of drug-likeness (QED) is 0.494. The van der Waals surface area contributed by atoms with Gasteiger partial charge in [-0.05, 0) is 12.1 Å². The summed E-state index contributed by atoms with van der Waals surface area (Å²) in [6.45, 7) is 0. The van der Waals surface area contributed by atoms with Gasteiger partial charge in [0.05, 0.1) is 11.1 Å². The fraction of sp³-hybridized carbons (Fsp3) is 0. The predicted molar refractivity (Wildman–Crippen MR) is 52.0 cm³/mol. The maximum absolute atomic E-state index is 11.1. The SMILES string of the molecule is O=C(O)C(=O)c1cccc(C(=O)C(=O)O)c1O. The van der Waals surface area contributed by atoms with Crippen molar-refractivity contribution >= 4 is 23.5 Å². The fourth-order valence-electron chi connectivity index (χ4n) is 1.14. The molecule has 17 heavy (non-hydrogen) atoms. The molecule has 0 atom stereocenters. The Labute approximate surface area is 93.9 Å². The summed E-state index contributed by atoms with van der Waals surface area (Å²) < 4.78 is 0. The number of para-hydroxylation sites is 1. The van der Waals surface area contributed by atoms with Crippen LogP contribution in [0.4, 0.5) is 0 Å². The maximum atomic E-state index is 11.1. The Morgan fingerprint density at radius 1 is 0.824 bits per heavy atom. The number of carboxylic acid groups (broad SMARTS) is 2. The van der Waals surface area contributed by atoms with E-state index in [0.717, 1.165) is 18.2 Å². The smallest absolute Gasteiger partial charge is 0.377 e. The van der Waals surface area contributed by atoms with Gasteiger partial charge in [-0.25, -0.2) is 9.59 Å². The number of ketones is 2. The Morgan fingerprint density at radius 3 is 1.47 bits per heavy atom. The monoisotopic (exact) mass is 238 g/mol. The lowest BCUT2D eigenvalue weighted by molar-refractivity contribution is -0.132. The van der Waals surface area contributed by atoms with Gasteiger partial charge < -0.3 is 15.3 Å². The Hall–Kier alpha value is -2.70. The van der Waals surface area contributed by atoms with Crippen LogP contribution < -0.4 is 0 Å². The second-order valence-corrected chi connectivity index (χ2v) is 2.97. The highest BCUT2D eigenvalue weighted by Crippen LogP contribution is 2.23. The van der Waals surface area contributed by atoms with Crippen molar-refractivity contribution in [3.05, 3.63) is 29.3 Å². The highest BCUT2D eigenvalue weighted by molar-refractivity contribution is 6.43. The molecule has 0 amide bonds. The first-order chi connectivity index (χ1) is 7.86. The molecule has 0 radical (unpaired) electrons. The second kappa shape index (κ2) is 4.44. The number of phenols is 1. The van der Waals surface area contributed by atoms with Crippen molar-refractivity contribution in [1.82, 2.24) is 0 Å². The highest BCUT2D eigenvalue weighted by atomic mass is 16.4. The molecule has 0 aliphatic carbocycles. The molecule has 88 valence electrons. The minimum atomic E-state index is -1.82. The van der Waals surface area contributed by atoms with Crippen LogP contribution in [0, 0.1) is 0 Å². The van der Waals surface area contributed by atoms with E-state index in [0.29, 0.717) is 0 Å². The Bertz CT molecular complexity index is 485. The van der Waals surface area contributed by atoms with E-state index in [9.17, 15) is 24.3 Å². The van der Waals surface area contributed by atoms with Crippen LogP contribution in [0.3, 0.4) is 0 Å². The third-order valence-electron chi connectivity index (χ3n) is 1.91. The molecule has 0 bridgehead atoms. The molecule has 0 unspecified atom stereocenters. The summed E-state index contributed by atoms with van der Waals surface area (Å²) in [4.78, 5) is 43.0. The van der Waals surface area contributed by atoms with Crippen molar-refractivity contribution in [2.75, 3.05) is 0 Å². The van der Waals surface area contributed by atoms with E-state index in [1.54, 1.807) is 0 Å². The van der Waals surface area contributed by atoms with Gasteiger partial charge in [0.1, 0.15) is 5.75 Å². The summed E-state index contributed by atoms with van der Waals surface area (Å²) in [7, 11) is 0. The minimum Gasteiger partial charge on any atom is -0.506 e. The van der Waals surface area contributed by atoms with Gasteiger partial charge in [-0.2, -0.15) is 0 Å². The number of aromatic hydroxyl groups is 1. The predicted octanol–water partition coefficient (Wildman–Crippen LogP) is -0.0732. The number of aliphatic carboxylic acids is 2. The molecule has 7 heteroatoms. The summed E-state index contributed by atoms with van der Waals surface area (Å²) in [6.07, 6.45) is 0. The van der Waals surface area contributed by atoms with Crippen molar-refractivity contribution in [3.63, 3.8) is 0 Å². The average Bonchev–Trinajstić information content (AvgIpc) is 2.27. The van der Waals surface area contributed by atoms with Gasteiger partial charge in [0, 0.05) is 0 Å². The number of hydrogen-bond donors (Lipinski definition) is 3. The van der Waals surface area contributed by atoms with Crippen LogP contribution in [-0.2, 0) is 9.59 Å². The van der Waals surface area contributed by atoms with Crippen molar-refractivity contribution in [1.29, 1.82) is 0 Å². The second-order valence-electron chi connectivity index (χ2n) is 2.97. The Balaban J connectivity index is 3.35. The number of Topliss-reactive ketones (excluding diaryl/α,β-unsaturated/α-hetero) is 2. The van der Waals surface area contributed by atoms with Gasteiger partial charge in [-0.1, -0.05) is 6.07 Å². The summed E-state index contributed by atoms with van der Waals surface area (Å²) >= 11 is 0. The van der Waals surface area contributed by atoms with Crippen LogP contribution in [0.25, 0.3) is 0 Å². The largest absolute Gasteiger partial charge is 0.506 e. The van der Waals surface area contributed by atoms with E-state index < -0.39 is 40.4 Å². The summed E-state index contributed by atoms with van der Waals surface area (Å²) in [6, 6.07) is 3.06.